The largest absolute Gasteiger partial charge is 1.00 e. The van der Waals surface area contributed by atoms with Gasteiger partial charge in [-0.1, -0.05) is 115 Å². The summed E-state index contributed by atoms with van der Waals surface area (Å²) in [7, 11) is 4.79. The normalized spacial score (nSPS) is 11.5. The van der Waals surface area contributed by atoms with Crippen molar-refractivity contribution in [2.45, 2.75) is 130 Å². The second-order valence-electron chi connectivity index (χ2n) is 10.5. The number of hydrogen-bond acceptors (Lipinski definition) is 0. The molecule has 2 heteroatoms. The molecule has 1 aromatic carbocycles. The Hall–Kier alpha value is -0.530. The first-order chi connectivity index (χ1) is 14.5. The minimum absolute atomic E-state index is 0. The highest BCUT2D eigenvalue weighted by atomic mass is 35.5. The molecule has 31 heavy (non-hydrogen) atoms. The first kappa shape index (κ1) is 30.5. The molecule has 0 saturated carbocycles. The van der Waals surface area contributed by atoms with Crippen LogP contribution in [0.2, 0.25) is 0 Å². The number of quaternary nitrogens is 1. The fourth-order valence-corrected chi connectivity index (χ4v) is 4.61. The van der Waals surface area contributed by atoms with Crippen LogP contribution in [-0.2, 0) is 6.54 Å². The molecule has 1 rings (SSSR count). The molecular weight excluding hydrogens is 398 g/mol. The van der Waals surface area contributed by atoms with E-state index in [0.717, 1.165) is 11.0 Å². The first-order valence-electron chi connectivity index (χ1n) is 13.3. The van der Waals surface area contributed by atoms with E-state index in [1.807, 2.05) is 0 Å². The second-order valence-corrected chi connectivity index (χ2v) is 10.5. The van der Waals surface area contributed by atoms with Gasteiger partial charge < -0.3 is 16.9 Å². The average molecular weight is 452 g/mol. The van der Waals surface area contributed by atoms with Gasteiger partial charge in [0.25, 0.3) is 0 Å². The molecule has 0 bridgehead atoms. The lowest BCUT2D eigenvalue weighted by Gasteiger charge is -2.30. The number of benzene rings is 1. The summed E-state index contributed by atoms with van der Waals surface area (Å²) in [4.78, 5) is 0. The molecule has 0 atom stereocenters. The molecular formula is C29H54ClN. The fraction of sp³-hybridized carbons (Fsp3) is 0.793. The van der Waals surface area contributed by atoms with Crippen LogP contribution >= 0.6 is 0 Å². The number of hydrogen-bond donors (Lipinski definition) is 0. The molecule has 0 amide bonds. The van der Waals surface area contributed by atoms with E-state index in [4.69, 9.17) is 0 Å². The third-order valence-corrected chi connectivity index (χ3v) is 6.93. The molecule has 1 nitrogen and oxygen atoms in total. The predicted octanol–water partition coefficient (Wildman–Crippen LogP) is 6.15. The van der Waals surface area contributed by atoms with E-state index >= 15 is 0 Å². The molecule has 0 aromatic heterocycles. The van der Waals surface area contributed by atoms with Crippen molar-refractivity contribution in [1.29, 1.82) is 0 Å². The second kappa shape index (κ2) is 19.0. The first-order valence-corrected chi connectivity index (χ1v) is 13.3. The van der Waals surface area contributed by atoms with E-state index in [2.05, 4.69) is 53.1 Å². The molecule has 0 heterocycles. The molecule has 0 aliphatic rings. The van der Waals surface area contributed by atoms with Crippen LogP contribution in [0.4, 0.5) is 0 Å². The van der Waals surface area contributed by atoms with Gasteiger partial charge in [-0.3, -0.25) is 0 Å². The SMILES string of the molecule is CCCCCCCCCCCCCCCCCC[N+](C)(C)Cc1cccc(C)c1C.[Cl-]. The molecule has 0 unspecified atom stereocenters. The van der Waals surface area contributed by atoms with Crippen molar-refractivity contribution < 1.29 is 16.9 Å². The molecule has 0 aliphatic carbocycles. The summed E-state index contributed by atoms with van der Waals surface area (Å²) in [6, 6.07) is 6.76. The smallest absolute Gasteiger partial charge is 0.104 e. The predicted molar refractivity (Wildman–Crippen MR) is 136 cm³/mol. The van der Waals surface area contributed by atoms with Crippen molar-refractivity contribution in [3.8, 4) is 0 Å². The van der Waals surface area contributed by atoms with Gasteiger partial charge in [0, 0.05) is 5.56 Å². The zero-order valence-electron chi connectivity index (χ0n) is 21.8. The molecule has 0 fully saturated rings. The van der Waals surface area contributed by atoms with E-state index in [1.54, 1.807) is 0 Å². The number of aryl methyl sites for hydroxylation is 1. The molecule has 182 valence electrons. The maximum Gasteiger partial charge on any atom is 0.104 e. The maximum absolute atomic E-state index is 2.40. The van der Waals surface area contributed by atoms with Gasteiger partial charge in [0.15, 0.2) is 0 Å². The Kier molecular flexibility index (Phi) is 18.7. The number of nitrogens with zero attached hydrogens (tertiary/aromatic N) is 1. The lowest BCUT2D eigenvalue weighted by atomic mass is 10.0. The number of rotatable bonds is 19. The Morgan fingerprint density at radius 3 is 1.48 bits per heavy atom. The van der Waals surface area contributed by atoms with Crippen LogP contribution in [0, 0.1) is 13.8 Å². The maximum atomic E-state index is 2.40. The Labute approximate surface area is 202 Å². The van der Waals surface area contributed by atoms with Crippen LogP contribution in [0.3, 0.4) is 0 Å². The van der Waals surface area contributed by atoms with Crippen LogP contribution in [0.25, 0.3) is 0 Å². The minimum atomic E-state index is 0. The van der Waals surface area contributed by atoms with Crippen LogP contribution in [-0.4, -0.2) is 25.1 Å². The summed E-state index contributed by atoms with van der Waals surface area (Å²) in [6.45, 7) is 9.26. The Morgan fingerprint density at radius 2 is 1.03 bits per heavy atom. The minimum Gasteiger partial charge on any atom is -1.00 e. The van der Waals surface area contributed by atoms with Gasteiger partial charge in [-0.25, -0.2) is 0 Å². The zero-order valence-corrected chi connectivity index (χ0v) is 22.5. The van der Waals surface area contributed by atoms with E-state index < -0.39 is 0 Å². The van der Waals surface area contributed by atoms with Gasteiger partial charge in [-0.15, -0.1) is 0 Å². The Balaban J connectivity index is 0.00000900. The zero-order chi connectivity index (χ0) is 22.1. The van der Waals surface area contributed by atoms with E-state index in [0.29, 0.717) is 0 Å². The van der Waals surface area contributed by atoms with Crippen LogP contribution in [0.15, 0.2) is 18.2 Å². The molecule has 1 aromatic rings. The summed E-state index contributed by atoms with van der Waals surface area (Å²) < 4.78 is 1.11. The van der Waals surface area contributed by atoms with Gasteiger partial charge >= 0.3 is 0 Å². The molecule has 0 N–H and O–H groups in total. The van der Waals surface area contributed by atoms with E-state index in [-0.39, 0.29) is 12.4 Å². The van der Waals surface area contributed by atoms with Crippen molar-refractivity contribution in [2.24, 2.45) is 0 Å². The van der Waals surface area contributed by atoms with Gasteiger partial charge in [0.2, 0.25) is 0 Å². The Bertz CT molecular complexity index is 538. The molecule has 0 radical (unpaired) electrons. The van der Waals surface area contributed by atoms with Gasteiger partial charge in [0.05, 0.1) is 20.6 Å². The summed E-state index contributed by atoms with van der Waals surface area (Å²) in [5.41, 5.74) is 4.43. The molecule has 0 spiro atoms. The van der Waals surface area contributed by atoms with Crippen LogP contribution in [0.5, 0.6) is 0 Å². The highest BCUT2D eigenvalue weighted by molar-refractivity contribution is 5.32. The average Bonchev–Trinajstić information content (AvgIpc) is 2.71. The van der Waals surface area contributed by atoms with Crippen molar-refractivity contribution in [1.82, 2.24) is 0 Å². The van der Waals surface area contributed by atoms with Gasteiger partial charge in [-0.2, -0.15) is 0 Å². The third-order valence-electron chi connectivity index (χ3n) is 6.93. The molecule has 0 aliphatic heterocycles. The topological polar surface area (TPSA) is 0 Å². The van der Waals surface area contributed by atoms with Crippen LogP contribution in [0.1, 0.15) is 126 Å². The quantitative estimate of drug-likeness (QED) is 0.175. The summed E-state index contributed by atoms with van der Waals surface area (Å²) in [5, 5.41) is 0. The van der Waals surface area contributed by atoms with E-state index in [1.165, 1.54) is 126 Å². The van der Waals surface area contributed by atoms with Crippen molar-refractivity contribution >= 4 is 0 Å². The standard InChI is InChI=1S/C29H54N.ClH/c1-6-7-8-9-10-11-12-13-14-15-16-17-18-19-20-21-25-30(4,5)26-29-24-22-23-27(2)28(29)3;/h22-24H,6-21,25-26H2,1-5H3;1H/q+1;/p-1. The third kappa shape index (κ3) is 15.8. The van der Waals surface area contributed by atoms with Crippen molar-refractivity contribution in [3.63, 3.8) is 0 Å². The number of halogens is 1. The lowest BCUT2D eigenvalue weighted by Crippen LogP contribution is -3.00. The monoisotopic (exact) mass is 451 g/mol. The van der Waals surface area contributed by atoms with Crippen molar-refractivity contribution in [3.05, 3.63) is 34.9 Å². The van der Waals surface area contributed by atoms with E-state index in [9.17, 15) is 0 Å². The highest BCUT2D eigenvalue weighted by Crippen LogP contribution is 2.19. The van der Waals surface area contributed by atoms with Gasteiger partial charge in [0.1, 0.15) is 6.54 Å². The summed E-state index contributed by atoms with van der Waals surface area (Å²) in [5.74, 6) is 0. The number of unbranched alkanes of at least 4 members (excludes halogenated alkanes) is 15. The van der Waals surface area contributed by atoms with Gasteiger partial charge in [-0.05, 0) is 37.8 Å². The Morgan fingerprint density at radius 1 is 0.613 bits per heavy atom. The molecule has 0 saturated heterocycles. The fourth-order valence-electron chi connectivity index (χ4n) is 4.61. The summed E-state index contributed by atoms with van der Waals surface area (Å²) in [6.07, 6.45) is 23.1. The summed E-state index contributed by atoms with van der Waals surface area (Å²) >= 11 is 0. The lowest BCUT2D eigenvalue weighted by molar-refractivity contribution is -0.903. The highest BCUT2D eigenvalue weighted by Gasteiger charge is 2.17. The van der Waals surface area contributed by atoms with Crippen LogP contribution < -0.4 is 12.4 Å². The van der Waals surface area contributed by atoms with Crippen molar-refractivity contribution in [2.75, 3.05) is 20.6 Å².